The van der Waals surface area contributed by atoms with Gasteiger partial charge in [0.15, 0.2) is 5.69 Å². The van der Waals surface area contributed by atoms with E-state index in [4.69, 9.17) is 9.84 Å². The molecular weight excluding hydrogens is 386 g/mol. The monoisotopic (exact) mass is 403 g/mol. The number of rotatable bonds is 5. The highest BCUT2D eigenvalue weighted by Gasteiger charge is 2.24. The lowest BCUT2D eigenvalue weighted by Gasteiger charge is -2.05. The van der Waals surface area contributed by atoms with Crippen molar-refractivity contribution in [2.75, 3.05) is 0 Å². The van der Waals surface area contributed by atoms with Gasteiger partial charge in [-0.1, -0.05) is 18.2 Å². The molecule has 1 aromatic carbocycles. The third-order valence-electron chi connectivity index (χ3n) is 4.85. The highest BCUT2D eigenvalue weighted by atomic mass is 32.1. The lowest BCUT2D eigenvalue weighted by molar-refractivity contribution is 0.0460. The van der Waals surface area contributed by atoms with E-state index in [0.29, 0.717) is 10.7 Å². The highest BCUT2D eigenvalue weighted by molar-refractivity contribution is 7.13. The lowest BCUT2D eigenvalue weighted by Crippen LogP contribution is -2.07. The number of esters is 1. The molecule has 0 radical (unpaired) electrons. The van der Waals surface area contributed by atoms with Crippen LogP contribution in [0.15, 0.2) is 54.3 Å². The maximum absolute atomic E-state index is 12.5. The van der Waals surface area contributed by atoms with Crippen molar-refractivity contribution < 1.29 is 9.53 Å². The van der Waals surface area contributed by atoms with Crippen LogP contribution in [0, 0.1) is 0 Å². The Balaban J connectivity index is 1.33. The standard InChI is InChI=1S/C21H17N5O2S/c27-21(18-13-29-20(24-18)16-11-22-9-10-23-16)28-12-17-15-7-4-8-19(15)26(25-17)14-5-2-1-3-6-14/h1-3,5-6,9-11,13H,4,7-8,12H2. The van der Waals surface area contributed by atoms with Crippen LogP contribution in [0.2, 0.25) is 0 Å². The van der Waals surface area contributed by atoms with Crippen LogP contribution in [0.25, 0.3) is 16.4 Å². The molecule has 0 fully saturated rings. The molecule has 29 heavy (non-hydrogen) atoms. The van der Waals surface area contributed by atoms with Crippen molar-refractivity contribution in [2.24, 2.45) is 0 Å². The minimum atomic E-state index is -0.461. The highest BCUT2D eigenvalue weighted by Crippen LogP contribution is 2.28. The quantitative estimate of drug-likeness (QED) is 0.473. The zero-order valence-electron chi connectivity index (χ0n) is 15.5. The van der Waals surface area contributed by atoms with Gasteiger partial charge in [-0.2, -0.15) is 5.10 Å². The van der Waals surface area contributed by atoms with Gasteiger partial charge in [0.1, 0.15) is 23.0 Å². The number of nitrogens with zero attached hydrogens (tertiary/aromatic N) is 5. The van der Waals surface area contributed by atoms with E-state index in [1.54, 1.807) is 24.0 Å². The predicted molar refractivity (Wildman–Crippen MR) is 108 cm³/mol. The molecule has 1 aliphatic carbocycles. The topological polar surface area (TPSA) is 82.8 Å². The van der Waals surface area contributed by atoms with Gasteiger partial charge in [0.25, 0.3) is 0 Å². The first-order chi connectivity index (χ1) is 14.3. The van der Waals surface area contributed by atoms with Crippen LogP contribution in [0.5, 0.6) is 0 Å². The summed E-state index contributed by atoms with van der Waals surface area (Å²) in [6, 6.07) is 10.0. The van der Waals surface area contributed by atoms with E-state index in [-0.39, 0.29) is 12.3 Å². The van der Waals surface area contributed by atoms with Crippen LogP contribution >= 0.6 is 11.3 Å². The van der Waals surface area contributed by atoms with E-state index in [9.17, 15) is 4.79 Å². The van der Waals surface area contributed by atoms with Crippen LogP contribution in [0.4, 0.5) is 0 Å². The molecule has 8 heteroatoms. The van der Waals surface area contributed by atoms with E-state index in [1.807, 2.05) is 35.0 Å². The fourth-order valence-electron chi connectivity index (χ4n) is 3.52. The Morgan fingerprint density at radius 3 is 2.90 bits per heavy atom. The van der Waals surface area contributed by atoms with Crippen molar-refractivity contribution in [3.63, 3.8) is 0 Å². The van der Waals surface area contributed by atoms with Crippen molar-refractivity contribution in [1.82, 2.24) is 24.7 Å². The van der Waals surface area contributed by atoms with Gasteiger partial charge < -0.3 is 4.74 Å². The largest absolute Gasteiger partial charge is 0.454 e. The summed E-state index contributed by atoms with van der Waals surface area (Å²) in [5.41, 5.74) is 5.15. The maximum atomic E-state index is 12.5. The van der Waals surface area contributed by atoms with Crippen LogP contribution in [-0.2, 0) is 24.2 Å². The van der Waals surface area contributed by atoms with E-state index >= 15 is 0 Å². The number of para-hydroxylation sites is 1. The molecule has 5 rings (SSSR count). The Morgan fingerprint density at radius 1 is 1.17 bits per heavy atom. The first-order valence-corrected chi connectivity index (χ1v) is 10.2. The van der Waals surface area contributed by atoms with Gasteiger partial charge >= 0.3 is 5.97 Å². The van der Waals surface area contributed by atoms with Gasteiger partial charge in [-0.15, -0.1) is 11.3 Å². The van der Waals surface area contributed by atoms with Crippen molar-refractivity contribution in [3.05, 3.63) is 76.9 Å². The molecule has 3 aromatic heterocycles. The molecule has 0 saturated heterocycles. The molecule has 7 nitrogen and oxygen atoms in total. The number of thiazole rings is 1. The van der Waals surface area contributed by atoms with Gasteiger partial charge in [-0.25, -0.2) is 14.5 Å². The molecule has 0 unspecified atom stereocenters. The van der Waals surface area contributed by atoms with Crippen LogP contribution < -0.4 is 0 Å². The van der Waals surface area contributed by atoms with E-state index in [0.717, 1.165) is 30.6 Å². The molecule has 3 heterocycles. The van der Waals surface area contributed by atoms with Crippen LogP contribution in [0.1, 0.15) is 33.9 Å². The van der Waals surface area contributed by atoms with Crippen LogP contribution in [0.3, 0.4) is 0 Å². The summed E-state index contributed by atoms with van der Waals surface area (Å²) in [6.07, 6.45) is 7.85. The van der Waals surface area contributed by atoms with Crippen LogP contribution in [-0.4, -0.2) is 30.7 Å². The third-order valence-corrected chi connectivity index (χ3v) is 5.71. The first-order valence-electron chi connectivity index (χ1n) is 9.34. The molecule has 0 amide bonds. The summed E-state index contributed by atoms with van der Waals surface area (Å²) in [7, 11) is 0. The average Bonchev–Trinajstić information content (AvgIpc) is 3.50. The second-order valence-corrected chi connectivity index (χ2v) is 7.54. The summed E-state index contributed by atoms with van der Waals surface area (Å²) >= 11 is 1.34. The van der Waals surface area contributed by atoms with Crippen molar-refractivity contribution >= 4 is 17.3 Å². The molecule has 4 aromatic rings. The van der Waals surface area contributed by atoms with Gasteiger partial charge in [0, 0.05) is 29.0 Å². The number of hydrogen-bond acceptors (Lipinski definition) is 7. The second-order valence-electron chi connectivity index (χ2n) is 6.68. The fourth-order valence-corrected chi connectivity index (χ4v) is 4.26. The zero-order valence-corrected chi connectivity index (χ0v) is 16.3. The minimum Gasteiger partial charge on any atom is -0.454 e. The zero-order chi connectivity index (χ0) is 19.6. The minimum absolute atomic E-state index is 0.138. The Hall–Kier alpha value is -3.39. The molecule has 144 valence electrons. The van der Waals surface area contributed by atoms with Crippen molar-refractivity contribution in [1.29, 1.82) is 0 Å². The number of benzene rings is 1. The van der Waals surface area contributed by atoms with Crippen molar-refractivity contribution in [3.8, 4) is 16.4 Å². The molecular formula is C21H17N5O2S. The maximum Gasteiger partial charge on any atom is 0.358 e. The first kappa shape index (κ1) is 17.7. The Bertz CT molecular complexity index is 1150. The summed E-state index contributed by atoms with van der Waals surface area (Å²) in [5.74, 6) is -0.461. The number of carbonyl (C=O) groups excluding carboxylic acids is 1. The lowest BCUT2D eigenvalue weighted by atomic mass is 10.2. The van der Waals surface area contributed by atoms with Gasteiger partial charge in [0.2, 0.25) is 0 Å². The van der Waals surface area contributed by atoms with Gasteiger partial charge in [-0.3, -0.25) is 9.97 Å². The summed E-state index contributed by atoms with van der Waals surface area (Å²) in [4.78, 5) is 25.1. The number of ether oxygens (including phenoxy) is 1. The molecule has 0 spiro atoms. The SMILES string of the molecule is O=C(OCc1nn(-c2ccccc2)c2c1CCC2)c1csc(-c2cnccn2)n1. The van der Waals surface area contributed by atoms with Gasteiger partial charge in [0.05, 0.1) is 11.9 Å². The number of aromatic nitrogens is 5. The second kappa shape index (κ2) is 7.56. The molecule has 0 bridgehead atoms. The fraction of sp³-hybridized carbons (Fsp3) is 0.190. The summed E-state index contributed by atoms with van der Waals surface area (Å²) in [6.45, 7) is 0.138. The molecule has 0 aliphatic heterocycles. The van der Waals surface area contributed by atoms with Crippen molar-refractivity contribution in [2.45, 2.75) is 25.9 Å². The van der Waals surface area contributed by atoms with E-state index in [2.05, 4.69) is 15.0 Å². The van der Waals surface area contributed by atoms with Gasteiger partial charge in [-0.05, 0) is 31.4 Å². The number of fused-ring (bicyclic) bond motifs is 1. The smallest absolute Gasteiger partial charge is 0.358 e. The number of hydrogen-bond donors (Lipinski definition) is 0. The molecule has 0 saturated carbocycles. The molecule has 1 aliphatic rings. The predicted octanol–water partition coefficient (Wildman–Crippen LogP) is 3.63. The molecule has 0 atom stereocenters. The molecule has 0 N–H and O–H groups in total. The van der Waals surface area contributed by atoms with E-state index < -0.39 is 5.97 Å². The third kappa shape index (κ3) is 3.42. The van der Waals surface area contributed by atoms with E-state index in [1.165, 1.54) is 22.6 Å². The summed E-state index contributed by atoms with van der Waals surface area (Å²) in [5, 5.41) is 7.04. The normalized spacial score (nSPS) is 12.7. The Labute approximate surface area is 171 Å². The summed E-state index contributed by atoms with van der Waals surface area (Å²) < 4.78 is 7.50. The average molecular weight is 403 g/mol. The Morgan fingerprint density at radius 2 is 2.07 bits per heavy atom. The number of carbonyl (C=O) groups is 1. The Kier molecular flexibility index (Phi) is 4.61.